The van der Waals surface area contributed by atoms with Crippen LogP contribution in [0.5, 0.6) is 0 Å². The van der Waals surface area contributed by atoms with E-state index in [9.17, 15) is 8.78 Å². The lowest BCUT2D eigenvalue weighted by Crippen LogP contribution is -2.38. The maximum atomic E-state index is 12.8. The Kier molecular flexibility index (Phi) is 4.24. The molecule has 1 aromatic rings. The minimum Gasteiger partial charge on any atom is -0.384 e. The molecule has 16 heavy (non-hydrogen) atoms. The van der Waals surface area contributed by atoms with Gasteiger partial charge in [-0.2, -0.15) is 0 Å². The standard InChI is InChI=1S/C12H18F2N2/c1-12(2,3)16-5-4-15-11-7-9(13)6-10(14)8-11/h6-8,15-16H,4-5H2,1-3H3. The molecule has 90 valence electrons. The van der Waals surface area contributed by atoms with Crippen LogP contribution < -0.4 is 10.6 Å². The van der Waals surface area contributed by atoms with Gasteiger partial charge in [-0.3, -0.25) is 0 Å². The minimum atomic E-state index is -0.564. The zero-order chi connectivity index (χ0) is 12.2. The monoisotopic (exact) mass is 228 g/mol. The fourth-order valence-corrected chi connectivity index (χ4v) is 1.30. The van der Waals surface area contributed by atoms with Gasteiger partial charge in [0.2, 0.25) is 0 Å². The Bertz CT molecular complexity index is 325. The van der Waals surface area contributed by atoms with Crippen molar-refractivity contribution in [3.63, 3.8) is 0 Å². The lowest BCUT2D eigenvalue weighted by Gasteiger charge is -2.20. The molecule has 0 saturated heterocycles. The summed E-state index contributed by atoms with van der Waals surface area (Å²) in [4.78, 5) is 0. The zero-order valence-electron chi connectivity index (χ0n) is 9.90. The van der Waals surface area contributed by atoms with Gasteiger partial charge in [-0.05, 0) is 32.9 Å². The van der Waals surface area contributed by atoms with Crippen molar-refractivity contribution in [3.05, 3.63) is 29.8 Å². The summed E-state index contributed by atoms with van der Waals surface area (Å²) >= 11 is 0. The Morgan fingerprint density at radius 1 is 1.00 bits per heavy atom. The van der Waals surface area contributed by atoms with Gasteiger partial charge in [-0.15, -0.1) is 0 Å². The second-order valence-corrected chi connectivity index (χ2v) is 4.76. The van der Waals surface area contributed by atoms with Gasteiger partial charge >= 0.3 is 0 Å². The number of anilines is 1. The van der Waals surface area contributed by atoms with Gasteiger partial charge in [0.1, 0.15) is 11.6 Å². The first-order valence-electron chi connectivity index (χ1n) is 5.32. The average molecular weight is 228 g/mol. The molecule has 0 heterocycles. The van der Waals surface area contributed by atoms with Crippen LogP contribution in [-0.2, 0) is 0 Å². The number of rotatable bonds is 4. The van der Waals surface area contributed by atoms with E-state index < -0.39 is 11.6 Å². The third-order valence-electron chi connectivity index (χ3n) is 1.97. The highest BCUT2D eigenvalue weighted by molar-refractivity contribution is 5.43. The first kappa shape index (κ1) is 12.9. The summed E-state index contributed by atoms with van der Waals surface area (Å²) in [5, 5.41) is 6.23. The van der Waals surface area contributed by atoms with Gasteiger partial charge in [0.25, 0.3) is 0 Å². The van der Waals surface area contributed by atoms with Crippen LogP contribution in [0.1, 0.15) is 20.8 Å². The molecular formula is C12H18F2N2. The van der Waals surface area contributed by atoms with Crippen molar-refractivity contribution in [1.82, 2.24) is 5.32 Å². The normalized spacial score (nSPS) is 11.6. The molecule has 0 bridgehead atoms. The lowest BCUT2D eigenvalue weighted by molar-refractivity contribution is 0.435. The van der Waals surface area contributed by atoms with Gasteiger partial charge in [-0.25, -0.2) is 8.78 Å². The number of benzene rings is 1. The second kappa shape index (κ2) is 5.25. The molecule has 2 nitrogen and oxygen atoms in total. The fourth-order valence-electron chi connectivity index (χ4n) is 1.30. The van der Waals surface area contributed by atoms with Crippen LogP contribution in [0.25, 0.3) is 0 Å². The van der Waals surface area contributed by atoms with Crippen LogP contribution in [0.2, 0.25) is 0 Å². The van der Waals surface area contributed by atoms with Gasteiger partial charge in [-0.1, -0.05) is 0 Å². The zero-order valence-corrected chi connectivity index (χ0v) is 9.90. The summed E-state index contributed by atoms with van der Waals surface area (Å²) in [5.74, 6) is -1.13. The summed E-state index contributed by atoms with van der Waals surface area (Å²) in [6.45, 7) is 7.56. The van der Waals surface area contributed by atoms with E-state index >= 15 is 0 Å². The number of nitrogens with one attached hydrogen (secondary N) is 2. The highest BCUT2D eigenvalue weighted by atomic mass is 19.1. The third kappa shape index (κ3) is 5.07. The average Bonchev–Trinajstić information content (AvgIpc) is 2.09. The molecule has 0 aromatic heterocycles. The van der Waals surface area contributed by atoms with E-state index in [2.05, 4.69) is 31.4 Å². The number of halogens is 2. The first-order chi connectivity index (χ1) is 7.37. The predicted octanol–water partition coefficient (Wildman–Crippen LogP) is 2.76. The van der Waals surface area contributed by atoms with E-state index in [0.717, 1.165) is 12.6 Å². The Morgan fingerprint density at radius 2 is 1.56 bits per heavy atom. The van der Waals surface area contributed by atoms with E-state index in [1.54, 1.807) is 0 Å². The molecule has 0 saturated carbocycles. The van der Waals surface area contributed by atoms with E-state index in [4.69, 9.17) is 0 Å². The molecule has 1 rings (SSSR count). The molecule has 4 heteroatoms. The summed E-state index contributed by atoms with van der Waals surface area (Å²) in [6.07, 6.45) is 0. The van der Waals surface area contributed by atoms with Crippen molar-refractivity contribution in [3.8, 4) is 0 Å². The van der Waals surface area contributed by atoms with Gasteiger partial charge < -0.3 is 10.6 Å². The molecule has 0 amide bonds. The van der Waals surface area contributed by atoms with E-state index in [0.29, 0.717) is 12.2 Å². The quantitative estimate of drug-likeness (QED) is 0.774. The van der Waals surface area contributed by atoms with Crippen molar-refractivity contribution in [1.29, 1.82) is 0 Å². The first-order valence-corrected chi connectivity index (χ1v) is 5.32. The van der Waals surface area contributed by atoms with Crippen LogP contribution >= 0.6 is 0 Å². The lowest BCUT2D eigenvalue weighted by atomic mass is 10.1. The van der Waals surface area contributed by atoms with Gasteiger partial charge in [0.15, 0.2) is 0 Å². The van der Waals surface area contributed by atoms with E-state index in [1.807, 2.05) is 0 Å². The summed E-state index contributed by atoms with van der Waals surface area (Å²) in [5.41, 5.74) is 0.516. The van der Waals surface area contributed by atoms with Crippen molar-refractivity contribution < 1.29 is 8.78 Å². The van der Waals surface area contributed by atoms with Crippen molar-refractivity contribution in [2.45, 2.75) is 26.3 Å². The Morgan fingerprint density at radius 3 is 2.06 bits per heavy atom. The molecule has 0 spiro atoms. The van der Waals surface area contributed by atoms with Crippen molar-refractivity contribution in [2.24, 2.45) is 0 Å². The topological polar surface area (TPSA) is 24.1 Å². The summed E-state index contributed by atoms with van der Waals surface area (Å²) < 4.78 is 25.7. The molecule has 0 unspecified atom stereocenters. The molecule has 0 aliphatic rings. The van der Waals surface area contributed by atoms with Gasteiger partial charge in [0, 0.05) is 30.4 Å². The molecule has 0 radical (unpaired) electrons. The fraction of sp³-hybridized carbons (Fsp3) is 0.500. The Hall–Kier alpha value is -1.16. The Balaban J connectivity index is 2.37. The summed E-state index contributed by atoms with van der Waals surface area (Å²) in [7, 11) is 0. The van der Waals surface area contributed by atoms with Crippen LogP contribution in [0.3, 0.4) is 0 Å². The van der Waals surface area contributed by atoms with Crippen LogP contribution in [-0.4, -0.2) is 18.6 Å². The number of hydrogen-bond acceptors (Lipinski definition) is 2. The van der Waals surface area contributed by atoms with Gasteiger partial charge in [0.05, 0.1) is 0 Å². The predicted molar refractivity (Wildman–Crippen MR) is 62.6 cm³/mol. The molecule has 2 N–H and O–H groups in total. The maximum Gasteiger partial charge on any atom is 0.128 e. The molecule has 1 aromatic carbocycles. The van der Waals surface area contributed by atoms with Crippen molar-refractivity contribution >= 4 is 5.69 Å². The third-order valence-corrected chi connectivity index (χ3v) is 1.97. The van der Waals surface area contributed by atoms with Crippen LogP contribution in [0.15, 0.2) is 18.2 Å². The highest BCUT2D eigenvalue weighted by Gasteiger charge is 2.07. The SMILES string of the molecule is CC(C)(C)NCCNc1cc(F)cc(F)c1. The molecule has 0 aliphatic heterocycles. The smallest absolute Gasteiger partial charge is 0.128 e. The molecular weight excluding hydrogens is 210 g/mol. The summed E-state index contributed by atoms with van der Waals surface area (Å²) in [6, 6.07) is 3.42. The van der Waals surface area contributed by atoms with Crippen LogP contribution in [0, 0.1) is 11.6 Å². The van der Waals surface area contributed by atoms with Crippen LogP contribution in [0.4, 0.5) is 14.5 Å². The molecule has 0 atom stereocenters. The van der Waals surface area contributed by atoms with Crippen molar-refractivity contribution in [2.75, 3.05) is 18.4 Å². The molecule has 0 fully saturated rings. The minimum absolute atomic E-state index is 0.0505. The second-order valence-electron chi connectivity index (χ2n) is 4.76. The number of hydrogen-bond donors (Lipinski definition) is 2. The Labute approximate surface area is 95.1 Å². The largest absolute Gasteiger partial charge is 0.384 e. The van der Waals surface area contributed by atoms with E-state index in [1.165, 1.54) is 12.1 Å². The highest BCUT2D eigenvalue weighted by Crippen LogP contribution is 2.12. The van der Waals surface area contributed by atoms with E-state index in [-0.39, 0.29) is 5.54 Å². The maximum absolute atomic E-state index is 12.8. The molecule has 0 aliphatic carbocycles.